The van der Waals surface area contributed by atoms with E-state index in [1.54, 1.807) is 12.1 Å². The lowest BCUT2D eigenvalue weighted by Crippen LogP contribution is -2.50. The molecule has 0 saturated carbocycles. The number of piperidine rings is 1. The number of nitrogens with zero attached hydrogens (tertiary/aromatic N) is 3. The van der Waals surface area contributed by atoms with Crippen molar-refractivity contribution in [2.75, 3.05) is 13.1 Å². The van der Waals surface area contributed by atoms with Gasteiger partial charge in [0.15, 0.2) is 41.7 Å². The van der Waals surface area contributed by atoms with Crippen LogP contribution in [0.1, 0.15) is 41.4 Å². The Morgan fingerprint density at radius 2 is 1.36 bits per heavy atom. The fourth-order valence-electron chi connectivity index (χ4n) is 6.11. The fourth-order valence-corrected chi connectivity index (χ4v) is 6.11. The van der Waals surface area contributed by atoms with Crippen molar-refractivity contribution in [2.45, 2.75) is 46.4 Å². The van der Waals surface area contributed by atoms with Crippen molar-refractivity contribution in [2.24, 2.45) is 5.41 Å². The second-order valence-corrected chi connectivity index (χ2v) is 12.6. The number of carbonyl (C=O) groups is 2. The lowest BCUT2D eigenvalue weighted by atomic mass is 9.78. The Morgan fingerprint density at radius 3 is 1.91 bits per heavy atom. The average Bonchev–Trinajstić information content (AvgIpc) is 3.87. The first-order valence-electron chi connectivity index (χ1n) is 16.6. The van der Waals surface area contributed by atoms with Crippen LogP contribution in [-0.4, -0.2) is 40.1 Å². The molecule has 6 aromatic rings. The molecule has 15 heteroatoms. The van der Waals surface area contributed by atoms with Gasteiger partial charge in [-0.2, -0.15) is 4.98 Å². The SMILES string of the molecule is Cc1oc(=O)oc1COC(=O)C1(C(=O)OCc2oc(=O)oc2C)CCN(Cc2ccc(-c3noc(-c4ccc(-c5ccccc5)c(F)c4)n3)cc2)CC1. The van der Waals surface area contributed by atoms with Crippen molar-refractivity contribution in [3.63, 3.8) is 0 Å². The van der Waals surface area contributed by atoms with E-state index in [1.165, 1.54) is 19.9 Å². The van der Waals surface area contributed by atoms with Crippen LogP contribution in [0.15, 0.2) is 105 Å². The van der Waals surface area contributed by atoms with Crippen LogP contribution in [0.2, 0.25) is 0 Å². The highest BCUT2D eigenvalue weighted by molar-refractivity contribution is 6.00. The van der Waals surface area contributed by atoms with Crippen molar-refractivity contribution < 1.29 is 45.6 Å². The molecule has 1 fully saturated rings. The molecule has 14 nitrogen and oxygen atoms in total. The zero-order chi connectivity index (χ0) is 37.1. The minimum Gasteiger partial charge on any atom is -0.456 e. The number of aromatic nitrogens is 2. The molecule has 0 N–H and O–H groups in total. The molecule has 0 amide bonds. The summed E-state index contributed by atoms with van der Waals surface area (Å²) >= 11 is 0. The van der Waals surface area contributed by atoms with Gasteiger partial charge in [0.1, 0.15) is 5.82 Å². The molecule has 0 unspecified atom stereocenters. The minimum absolute atomic E-state index is 0.0204. The number of hydrogen-bond donors (Lipinski definition) is 0. The maximum atomic E-state index is 15.0. The van der Waals surface area contributed by atoms with E-state index in [-0.39, 0.29) is 41.8 Å². The highest BCUT2D eigenvalue weighted by Crippen LogP contribution is 2.36. The maximum absolute atomic E-state index is 15.0. The largest absolute Gasteiger partial charge is 0.519 e. The van der Waals surface area contributed by atoms with E-state index in [0.717, 1.165) is 11.1 Å². The third-order valence-electron chi connectivity index (χ3n) is 9.18. The summed E-state index contributed by atoms with van der Waals surface area (Å²) in [6, 6.07) is 21.5. The summed E-state index contributed by atoms with van der Waals surface area (Å²) in [6.07, 6.45) is 0.119. The molecular weight excluding hydrogens is 693 g/mol. The van der Waals surface area contributed by atoms with Crippen molar-refractivity contribution >= 4 is 11.9 Å². The number of esters is 2. The number of aryl methyl sites for hydroxylation is 2. The van der Waals surface area contributed by atoms with E-state index >= 15 is 0 Å². The Kier molecular flexibility index (Phi) is 9.74. The molecule has 0 spiro atoms. The molecule has 0 radical (unpaired) electrons. The van der Waals surface area contributed by atoms with Crippen molar-refractivity contribution in [1.82, 2.24) is 15.0 Å². The first-order chi connectivity index (χ1) is 25.6. The number of ether oxygens (including phenoxy) is 2. The molecule has 1 saturated heterocycles. The van der Waals surface area contributed by atoms with Crippen LogP contribution in [-0.2, 0) is 38.8 Å². The molecule has 1 aliphatic heterocycles. The Bertz CT molecular complexity index is 2290. The molecule has 53 heavy (non-hydrogen) atoms. The first-order valence-corrected chi connectivity index (χ1v) is 16.6. The number of rotatable bonds is 11. The van der Waals surface area contributed by atoms with E-state index in [0.29, 0.717) is 42.1 Å². The van der Waals surface area contributed by atoms with Gasteiger partial charge in [0.2, 0.25) is 5.82 Å². The van der Waals surface area contributed by atoms with Crippen LogP contribution in [0.5, 0.6) is 0 Å². The zero-order valence-electron chi connectivity index (χ0n) is 28.6. The number of benzene rings is 3. The predicted molar refractivity (Wildman–Crippen MR) is 181 cm³/mol. The molecule has 1 aliphatic rings. The molecule has 0 bridgehead atoms. The summed E-state index contributed by atoms with van der Waals surface area (Å²) in [5.74, 6) is -3.12. The quantitative estimate of drug-likeness (QED) is 0.112. The molecule has 272 valence electrons. The van der Waals surface area contributed by atoms with E-state index in [1.807, 2.05) is 54.6 Å². The van der Waals surface area contributed by atoms with Gasteiger partial charge in [0.25, 0.3) is 5.89 Å². The fraction of sp³-hybridized carbons (Fsp3) is 0.263. The Labute approximate surface area is 299 Å². The van der Waals surface area contributed by atoms with Crippen molar-refractivity contribution in [1.29, 1.82) is 0 Å². The number of hydrogen-bond acceptors (Lipinski definition) is 14. The van der Waals surface area contributed by atoms with Crippen LogP contribution in [0.3, 0.4) is 0 Å². The third kappa shape index (κ3) is 7.51. The number of halogens is 1. The average molecular weight is 726 g/mol. The van der Waals surface area contributed by atoms with Gasteiger partial charge in [-0.05, 0) is 49.9 Å². The van der Waals surface area contributed by atoms with E-state index < -0.39 is 48.0 Å². The summed E-state index contributed by atoms with van der Waals surface area (Å²) in [4.78, 5) is 56.5. The van der Waals surface area contributed by atoms with Crippen molar-refractivity contribution in [3.8, 4) is 34.0 Å². The highest BCUT2D eigenvalue weighted by Gasteiger charge is 2.51. The van der Waals surface area contributed by atoms with Crippen molar-refractivity contribution in [3.05, 3.63) is 128 Å². The van der Waals surface area contributed by atoms with E-state index in [2.05, 4.69) is 15.0 Å². The minimum atomic E-state index is -1.68. The van der Waals surface area contributed by atoms with Gasteiger partial charge in [-0.3, -0.25) is 14.5 Å². The summed E-state index contributed by atoms with van der Waals surface area (Å²) in [5, 5.41) is 4.09. The lowest BCUT2D eigenvalue weighted by molar-refractivity contribution is -0.179. The second kappa shape index (κ2) is 14.7. The van der Waals surface area contributed by atoms with Crippen LogP contribution in [0.25, 0.3) is 34.0 Å². The Morgan fingerprint density at radius 1 is 0.774 bits per heavy atom. The van der Waals surface area contributed by atoms with Crippen LogP contribution in [0, 0.1) is 25.1 Å². The highest BCUT2D eigenvalue weighted by atomic mass is 19.1. The van der Waals surface area contributed by atoms with E-state index in [4.69, 9.17) is 31.7 Å². The van der Waals surface area contributed by atoms with E-state index in [9.17, 15) is 23.6 Å². The van der Waals surface area contributed by atoms with Gasteiger partial charge in [0, 0.05) is 36.3 Å². The molecule has 7 rings (SSSR count). The molecule has 4 heterocycles. The maximum Gasteiger partial charge on any atom is 0.519 e. The summed E-state index contributed by atoms with van der Waals surface area (Å²) in [7, 11) is 0. The van der Waals surface area contributed by atoms with Gasteiger partial charge in [-0.1, -0.05) is 65.8 Å². The van der Waals surface area contributed by atoms with Gasteiger partial charge < -0.3 is 31.7 Å². The van der Waals surface area contributed by atoms with Gasteiger partial charge in [-0.25, -0.2) is 14.0 Å². The molecule has 0 atom stereocenters. The number of carbonyl (C=O) groups excluding carboxylic acids is 2. The van der Waals surface area contributed by atoms with Crippen LogP contribution >= 0.6 is 0 Å². The molecule has 3 aromatic heterocycles. The summed E-state index contributed by atoms with van der Waals surface area (Å²) in [5.41, 5.74) is 1.65. The van der Waals surface area contributed by atoms with Gasteiger partial charge in [-0.15, -0.1) is 0 Å². The van der Waals surface area contributed by atoms with Crippen LogP contribution < -0.4 is 11.6 Å². The normalized spacial score (nSPS) is 14.2. The molecule has 3 aromatic carbocycles. The summed E-state index contributed by atoms with van der Waals surface area (Å²) < 4.78 is 50.8. The molecular formula is C38H32FN3O11. The van der Waals surface area contributed by atoms with Crippen LogP contribution in [0.4, 0.5) is 4.39 Å². The standard InChI is InChI=1S/C38H32FN3O11/c1-22-30(51-36(45)49-22)20-47-34(43)38(35(44)48-21-31-23(2)50-37(46)52-31)14-16-42(17-15-38)19-24-8-10-26(11-9-24)32-40-33(53-41-32)27-12-13-28(29(39)18-27)25-6-4-3-5-7-25/h3-13,18H,14-17,19-21H2,1-2H3. The second-order valence-electron chi connectivity index (χ2n) is 12.6. The first kappa shape index (κ1) is 35.1. The third-order valence-corrected chi connectivity index (χ3v) is 9.18. The summed E-state index contributed by atoms with van der Waals surface area (Å²) in [6.45, 7) is 3.30. The zero-order valence-corrected chi connectivity index (χ0v) is 28.6. The predicted octanol–water partition coefficient (Wildman–Crippen LogP) is 5.99. The number of likely N-dealkylation sites (tertiary alicyclic amines) is 1. The Balaban J connectivity index is 0.999. The van der Waals surface area contributed by atoms with Gasteiger partial charge >= 0.3 is 23.6 Å². The molecule has 0 aliphatic carbocycles. The lowest BCUT2D eigenvalue weighted by Gasteiger charge is -2.38. The van der Waals surface area contributed by atoms with Gasteiger partial charge in [0.05, 0.1) is 0 Å². The monoisotopic (exact) mass is 725 g/mol. The topological polar surface area (TPSA) is 181 Å². The smallest absolute Gasteiger partial charge is 0.456 e. The Hall–Kier alpha value is -6.35.